The number of benzene rings is 1. The van der Waals surface area contributed by atoms with Crippen molar-refractivity contribution in [2.75, 3.05) is 5.32 Å². The molecule has 0 amide bonds. The fourth-order valence-electron chi connectivity index (χ4n) is 3.76. The van der Waals surface area contributed by atoms with E-state index < -0.39 is 12.0 Å². The molecule has 27 heavy (non-hydrogen) atoms. The Morgan fingerprint density at radius 3 is 2.70 bits per heavy atom. The summed E-state index contributed by atoms with van der Waals surface area (Å²) in [5.41, 5.74) is 5.09. The van der Waals surface area contributed by atoms with Gasteiger partial charge >= 0.3 is 5.97 Å². The molecule has 0 aliphatic heterocycles. The number of rotatable bonds is 5. The van der Waals surface area contributed by atoms with E-state index in [9.17, 15) is 9.90 Å². The fourth-order valence-corrected chi connectivity index (χ4v) is 4.67. The quantitative estimate of drug-likeness (QED) is 0.666. The van der Waals surface area contributed by atoms with Crippen LogP contribution in [0.25, 0.3) is 21.3 Å². The summed E-state index contributed by atoms with van der Waals surface area (Å²) in [5, 5.41) is 15.7. The molecule has 2 N–H and O–H groups in total. The van der Waals surface area contributed by atoms with E-state index in [0.717, 1.165) is 34.2 Å². The third-order valence-electron chi connectivity index (χ3n) is 5.25. The first kappa shape index (κ1) is 17.9. The molecule has 3 aromatic rings. The summed E-state index contributed by atoms with van der Waals surface area (Å²) in [5.74, 6) is -0.337. The lowest BCUT2D eigenvalue weighted by atomic mass is 9.89. The maximum atomic E-state index is 11.6. The van der Waals surface area contributed by atoms with Crippen LogP contribution >= 0.6 is 11.3 Å². The minimum atomic E-state index is -0.873. The van der Waals surface area contributed by atoms with Gasteiger partial charge in [0.2, 0.25) is 0 Å². The highest BCUT2D eigenvalue weighted by Crippen LogP contribution is 2.38. The molecule has 0 saturated heterocycles. The summed E-state index contributed by atoms with van der Waals surface area (Å²) >= 11 is 1.57. The second-order valence-electron chi connectivity index (χ2n) is 7.45. The predicted octanol–water partition coefficient (Wildman–Crippen LogP) is 4.76. The molecule has 6 heteroatoms. The Hall–Kier alpha value is -2.47. The highest BCUT2D eigenvalue weighted by molar-refractivity contribution is 7.17. The first-order valence-corrected chi connectivity index (χ1v) is 10.3. The zero-order valence-corrected chi connectivity index (χ0v) is 16.3. The van der Waals surface area contributed by atoms with Crippen molar-refractivity contribution in [1.29, 1.82) is 0 Å². The number of nitrogens with zero attached hydrogens (tertiary/aromatic N) is 2. The molecular formula is C21H23N3O2S. The van der Waals surface area contributed by atoms with Crippen LogP contribution in [0.5, 0.6) is 0 Å². The lowest BCUT2D eigenvalue weighted by Gasteiger charge is -2.19. The zero-order chi connectivity index (χ0) is 19.0. The molecule has 1 aliphatic rings. The maximum Gasteiger partial charge on any atom is 0.326 e. The van der Waals surface area contributed by atoms with Gasteiger partial charge in [0.25, 0.3) is 0 Å². The molecule has 5 nitrogen and oxygen atoms in total. The number of aryl methyl sites for hydroxylation is 2. The lowest BCUT2D eigenvalue weighted by molar-refractivity contribution is -0.138. The van der Waals surface area contributed by atoms with Crippen molar-refractivity contribution in [1.82, 2.24) is 9.97 Å². The normalized spacial score (nSPS) is 14.9. The van der Waals surface area contributed by atoms with E-state index in [-0.39, 0.29) is 5.92 Å². The first-order chi connectivity index (χ1) is 13.0. The Balaban J connectivity index is 1.80. The van der Waals surface area contributed by atoms with Crippen molar-refractivity contribution < 1.29 is 9.90 Å². The van der Waals surface area contributed by atoms with Gasteiger partial charge in [0.1, 0.15) is 23.0 Å². The summed E-state index contributed by atoms with van der Waals surface area (Å²) in [7, 11) is 0. The number of hydrogen-bond acceptors (Lipinski definition) is 5. The van der Waals surface area contributed by atoms with E-state index in [4.69, 9.17) is 0 Å². The van der Waals surface area contributed by atoms with Crippen LogP contribution in [0, 0.1) is 5.92 Å². The van der Waals surface area contributed by atoms with Crippen LogP contribution in [-0.2, 0) is 17.6 Å². The van der Waals surface area contributed by atoms with Gasteiger partial charge in [-0.15, -0.1) is 11.3 Å². The largest absolute Gasteiger partial charge is 0.480 e. The summed E-state index contributed by atoms with van der Waals surface area (Å²) in [6.45, 7) is 3.78. The van der Waals surface area contributed by atoms with E-state index >= 15 is 0 Å². The standard InChI is InChI=1S/C21H23N3O2S/c1-12(2)18(21(25)26)24-19-17-16(10-27-20(17)23-11-22-19)15-8-7-13-5-3-4-6-14(13)9-15/h7-12,18H,3-6H2,1-2H3,(H,25,26)(H,22,23,24). The number of nitrogens with one attached hydrogen (secondary N) is 1. The lowest BCUT2D eigenvalue weighted by Crippen LogP contribution is -2.34. The van der Waals surface area contributed by atoms with Crippen molar-refractivity contribution in [2.24, 2.45) is 5.92 Å². The second kappa shape index (κ2) is 7.27. The fraction of sp³-hybridized carbons (Fsp3) is 0.381. The number of fused-ring (bicyclic) bond motifs is 2. The number of aliphatic carboxylic acids is 1. The van der Waals surface area contributed by atoms with Gasteiger partial charge in [0, 0.05) is 10.9 Å². The van der Waals surface area contributed by atoms with Gasteiger partial charge in [-0.2, -0.15) is 0 Å². The van der Waals surface area contributed by atoms with Gasteiger partial charge in [-0.25, -0.2) is 14.8 Å². The number of anilines is 1. The minimum absolute atomic E-state index is 0.0571. The van der Waals surface area contributed by atoms with Gasteiger partial charge in [0.05, 0.1) is 5.39 Å². The Morgan fingerprint density at radius 2 is 1.96 bits per heavy atom. The minimum Gasteiger partial charge on any atom is -0.480 e. The predicted molar refractivity (Wildman–Crippen MR) is 109 cm³/mol. The molecule has 4 rings (SSSR count). The molecule has 1 aliphatic carbocycles. The third-order valence-corrected chi connectivity index (χ3v) is 6.14. The molecule has 0 radical (unpaired) electrons. The van der Waals surface area contributed by atoms with Gasteiger partial charge in [-0.3, -0.25) is 0 Å². The van der Waals surface area contributed by atoms with Gasteiger partial charge in [-0.05, 0) is 48.3 Å². The van der Waals surface area contributed by atoms with Crippen molar-refractivity contribution in [2.45, 2.75) is 45.6 Å². The molecule has 0 saturated carbocycles. The number of carboxylic acids is 1. The molecule has 2 aromatic heterocycles. The molecule has 140 valence electrons. The van der Waals surface area contributed by atoms with Crippen molar-refractivity contribution >= 4 is 33.3 Å². The number of hydrogen-bond donors (Lipinski definition) is 2. The average Bonchev–Trinajstić information content (AvgIpc) is 3.10. The average molecular weight is 382 g/mol. The van der Waals surface area contributed by atoms with E-state index in [2.05, 4.69) is 38.9 Å². The zero-order valence-electron chi connectivity index (χ0n) is 15.5. The van der Waals surface area contributed by atoms with Crippen LogP contribution in [0.2, 0.25) is 0 Å². The maximum absolute atomic E-state index is 11.6. The first-order valence-electron chi connectivity index (χ1n) is 9.38. The Bertz CT molecular complexity index is 996. The van der Waals surface area contributed by atoms with E-state index in [1.165, 1.54) is 30.3 Å². The number of carbonyl (C=O) groups is 1. The molecule has 1 unspecified atom stereocenters. The van der Waals surface area contributed by atoms with Crippen molar-refractivity contribution in [3.8, 4) is 11.1 Å². The molecule has 0 spiro atoms. The SMILES string of the molecule is CC(C)C(Nc1ncnc2scc(-c3ccc4c(c3)CCCC4)c12)C(=O)O. The topological polar surface area (TPSA) is 75.1 Å². The molecular weight excluding hydrogens is 358 g/mol. The van der Waals surface area contributed by atoms with Crippen LogP contribution < -0.4 is 5.32 Å². The summed E-state index contributed by atoms with van der Waals surface area (Å²) in [4.78, 5) is 21.3. The highest BCUT2D eigenvalue weighted by Gasteiger charge is 2.24. The molecule has 2 heterocycles. The molecule has 1 aromatic carbocycles. The molecule has 0 fully saturated rings. The third kappa shape index (κ3) is 3.41. The van der Waals surface area contributed by atoms with Crippen LogP contribution in [0.15, 0.2) is 29.9 Å². The number of carboxylic acid groups (broad SMARTS) is 1. The van der Waals surface area contributed by atoms with E-state index in [1.54, 1.807) is 11.3 Å². The van der Waals surface area contributed by atoms with Crippen molar-refractivity contribution in [3.63, 3.8) is 0 Å². The summed E-state index contributed by atoms with van der Waals surface area (Å²) in [6.07, 6.45) is 6.29. The Morgan fingerprint density at radius 1 is 1.19 bits per heavy atom. The van der Waals surface area contributed by atoms with E-state index in [0.29, 0.717) is 5.82 Å². The smallest absolute Gasteiger partial charge is 0.326 e. The molecule has 0 bridgehead atoms. The Labute approximate surface area is 162 Å². The van der Waals surface area contributed by atoms with Gasteiger partial charge in [-0.1, -0.05) is 32.0 Å². The highest BCUT2D eigenvalue weighted by atomic mass is 32.1. The van der Waals surface area contributed by atoms with E-state index in [1.807, 2.05) is 13.8 Å². The summed E-state index contributed by atoms with van der Waals surface area (Å²) in [6, 6.07) is 5.99. The van der Waals surface area contributed by atoms with Crippen LogP contribution in [0.3, 0.4) is 0 Å². The van der Waals surface area contributed by atoms with Crippen LogP contribution in [0.4, 0.5) is 5.82 Å². The number of thiophene rings is 1. The van der Waals surface area contributed by atoms with Crippen LogP contribution in [-0.4, -0.2) is 27.1 Å². The molecule has 1 atom stereocenters. The van der Waals surface area contributed by atoms with Gasteiger partial charge in [0.15, 0.2) is 0 Å². The monoisotopic (exact) mass is 381 g/mol. The van der Waals surface area contributed by atoms with Gasteiger partial charge < -0.3 is 10.4 Å². The summed E-state index contributed by atoms with van der Waals surface area (Å²) < 4.78 is 0. The van der Waals surface area contributed by atoms with Crippen LogP contribution in [0.1, 0.15) is 37.8 Å². The second-order valence-corrected chi connectivity index (χ2v) is 8.30. The number of aromatic nitrogens is 2. The Kier molecular flexibility index (Phi) is 4.83. The van der Waals surface area contributed by atoms with Crippen molar-refractivity contribution in [3.05, 3.63) is 41.0 Å².